The number of piperazine rings is 1. The van der Waals surface area contributed by atoms with Crippen molar-refractivity contribution in [2.24, 2.45) is 0 Å². The van der Waals surface area contributed by atoms with E-state index < -0.39 is 0 Å². The molecule has 1 aliphatic heterocycles. The van der Waals surface area contributed by atoms with E-state index in [1.807, 2.05) is 23.1 Å². The highest BCUT2D eigenvalue weighted by molar-refractivity contribution is 9.11. The normalized spacial score (nSPS) is 19.3. The third-order valence-electron chi connectivity index (χ3n) is 2.92. The van der Waals surface area contributed by atoms with Gasteiger partial charge in [-0.1, -0.05) is 15.9 Å². The molecule has 1 amide bonds. The largest absolute Gasteiger partial charge is 0.333 e. The quantitative estimate of drug-likeness (QED) is 0.789. The van der Waals surface area contributed by atoms with Gasteiger partial charge < -0.3 is 10.2 Å². The smallest absolute Gasteiger partial charge is 0.255 e. The molecule has 0 radical (unpaired) electrons. The van der Waals surface area contributed by atoms with Crippen LogP contribution in [0.5, 0.6) is 0 Å². The van der Waals surface area contributed by atoms with E-state index in [4.69, 9.17) is 0 Å². The number of benzene rings is 1. The molecule has 1 aliphatic rings. The maximum absolute atomic E-state index is 12.4. The van der Waals surface area contributed by atoms with Gasteiger partial charge in [0, 0.05) is 34.6 Å². The van der Waals surface area contributed by atoms with Crippen molar-refractivity contribution in [2.75, 3.05) is 19.6 Å². The second-order valence-corrected chi connectivity index (χ2v) is 5.95. The van der Waals surface area contributed by atoms with Gasteiger partial charge in [-0.2, -0.15) is 0 Å². The average Bonchev–Trinajstić information content (AvgIpc) is 2.29. The highest BCUT2D eigenvalue weighted by atomic mass is 79.9. The Balaban J connectivity index is 0.00000162. The molecule has 1 aromatic rings. The van der Waals surface area contributed by atoms with Gasteiger partial charge in [0.15, 0.2) is 0 Å². The first-order valence-electron chi connectivity index (χ1n) is 5.56. The third-order valence-corrected chi connectivity index (χ3v) is 4.07. The van der Waals surface area contributed by atoms with Crippen LogP contribution in [0.15, 0.2) is 27.1 Å². The van der Waals surface area contributed by atoms with Gasteiger partial charge >= 0.3 is 0 Å². The van der Waals surface area contributed by atoms with Crippen molar-refractivity contribution >= 4 is 50.2 Å². The highest BCUT2D eigenvalue weighted by Gasteiger charge is 2.25. The van der Waals surface area contributed by atoms with Crippen molar-refractivity contribution in [3.63, 3.8) is 0 Å². The summed E-state index contributed by atoms with van der Waals surface area (Å²) in [5.41, 5.74) is 0.724. The molecule has 0 aromatic heterocycles. The van der Waals surface area contributed by atoms with Crippen LogP contribution in [-0.4, -0.2) is 36.5 Å². The molecule has 1 heterocycles. The summed E-state index contributed by atoms with van der Waals surface area (Å²) in [4.78, 5) is 14.3. The van der Waals surface area contributed by atoms with Gasteiger partial charge in [0.05, 0.1) is 5.56 Å². The lowest BCUT2D eigenvalue weighted by molar-refractivity contribution is 0.0655. The van der Waals surface area contributed by atoms with Crippen molar-refractivity contribution < 1.29 is 4.79 Å². The fourth-order valence-electron chi connectivity index (χ4n) is 1.96. The van der Waals surface area contributed by atoms with Crippen LogP contribution in [0.25, 0.3) is 0 Å². The van der Waals surface area contributed by atoms with E-state index in [9.17, 15) is 4.79 Å². The average molecular weight is 399 g/mol. The Bertz CT molecular complexity index is 442. The van der Waals surface area contributed by atoms with Gasteiger partial charge in [-0.3, -0.25) is 4.79 Å². The number of halogens is 3. The molecular weight excluding hydrogens is 383 g/mol. The van der Waals surface area contributed by atoms with Gasteiger partial charge in [0.25, 0.3) is 5.91 Å². The molecule has 1 fully saturated rings. The zero-order valence-electron chi connectivity index (χ0n) is 9.95. The first kappa shape index (κ1) is 16.0. The van der Waals surface area contributed by atoms with E-state index in [0.29, 0.717) is 0 Å². The van der Waals surface area contributed by atoms with E-state index in [2.05, 4.69) is 44.1 Å². The molecule has 1 saturated heterocycles. The highest BCUT2D eigenvalue weighted by Crippen LogP contribution is 2.24. The SMILES string of the molecule is C[C@@H]1CNCCN1C(=O)c1ccc(Br)cc1Br.Cl. The molecule has 6 heteroatoms. The Labute approximate surface area is 130 Å². The molecular formula is C12H15Br2ClN2O. The molecule has 1 N–H and O–H groups in total. The van der Waals surface area contributed by atoms with E-state index >= 15 is 0 Å². The van der Waals surface area contributed by atoms with Gasteiger partial charge in [-0.05, 0) is 41.1 Å². The fourth-order valence-corrected chi connectivity index (χ4v) is 3.18. The Kier molecular flexibility index (Phi) is 6.11. The number of carbonyl (C=O) groups is 1. The summed E-state index contributed by atoms with van der Waals surface area (Å²) in [6, 6.07) is 5.89. The molecule has 1 aromatic carbocycles. The lowest BCUT2D eigenvalue weighted by Gasteiger charge is -2.34. The lowest BCUT2D eigenvalue weighted by atomic mass is 10.1. The predicted molar refractivity (Wildman–Crippen MR) is 82.5 cm³/mol. The molecule has 0 spiro atoms. The summed E-state index contributed by atoms with van der Waals surface area (Å²) >= 11 is 6.83. The minimum absolute atomic E-state index is 0. The summed E-state index contributed by atoms with van der Waals surface area (Å²) in [7, 11) is 0. The number of hydrogen-bond donors (Lipinski definition) is 1. The second-order valence-electron chi connectivity index (χ2n) is 4.18. The molecule has 0 aliphatic carbocycles. The topological polar surface area (TPSA) is 32.3 Å². The van der Waals surface area contributed by atoms with Crippen molar-refractivity contribution in [3.8, 4) is 0 Å². The van der Waals surface area contributed by atoms with Crippen LogP contribution < -0.4 is 5.32 Å². The molecule has 0 saturated carbocycles. The molecule has 2 rings (SSSR count). The van der Waals surface area contributed by atoms with E-state index in [1.54, 1.807) is 0 Å². The monoisotopic (exact) mass is 396 g/mol. The minimum atomic E-state index is 0. The van der Waals surface area contributed by atoms with E-state index in [-0.39, 0.29) is 24.4 Å². The molecule has 0 bridgehead atoms. The zero-order valence-corrected chi connectivity index (χ0v) is 13.9. The van der Waals surface area contributed by atoms with Crippen molar-refractivity contribution in [3.05, 3.63) is 32.7 Å². The fraction of sp³-hybridized carbons (Fsp3) is 0.417. The lowest BCUT2D eigenvalue weighted by Crippen LogP contribution is -2.52. The Morgan fingerprint density at radius 3 is 2.78 bits per heavy atom. The summed E-state index contributed by atoms with van der Waals surface area (Å²) in [6.07, 6.45) is 0. The minimum Gasteiger partial charge on any atom is -0.333 e. The Morgan fingerprint density at radius 2 is 2.17 bits per heavy atom. The van der Waals surface area contributed by atoms with Crippen LogP contribution in [0.3, 0.4) is 0 Å². The molecule has 3 nitrogen and oxygen atoms in total. The van der Waals surface area contributed by atoms with Crippen LogP contribution in [0, 0.1) is 0 Å². The van der Waals surface area contributed by atoms with Gasteiger partial charge in [-0.15, -0.1) is 12.4 Å². The summed E-state index contributed by atoms with van der Waals surface area (Å²) in [6.45, 7) is 4.56. The first-order chi connectivity index (χ1) is 8.09. The van der Waals surface area contributed by atoms with E-state index in [0.717, 1.165) is 34.1 Å². The van der Waals surface area contributed by atoms with Crippen molar-refractivity contribution in [1.82, 2.24) is 10.2 Å². The van der Waals surface area contributed by atoms with E-state index in [1.165, 1.54) is 0 Å². The standard InChI is InChI=1S/C12H14Br2N2O.ClH/c1-8-7-15-4-5-16(8)12(17)10-3-2-9(13)6-11(10)14;/h2-3,6,8,15H,4-5,7H2,1H3;1H/t8-;/m1./s1. The number of carbonyl (C=O) groups excluding carboxylic acids is 1. The van der Waals surface area contributed by atoms with Crippen LogP contribution >= 0.6 is 44.3 Å². The van der Waals surface area contributed by atoms with Gasteiger partial charge in [0.2, 0.25) is 0 Å². The Morgan fingerprint density at radius 1 is 1.44 bits per heavy atom. The number of rotatable bonds is 1. The van der Waals surface area contributed by atoms with Crippen LogP contribution in [-0.2, 0) is 0 Å². The van der Waals surface area contributed by atoms with Crippen LogP contribution in [0.1, 0.15) is 17.3 Å². The molecule has 1 atom stereocenters. The molecule has 18 heavy (non-hydrogen) atoms. The summed E-state index contributed by atoms with van der Waals surface area (Å²) in [5.74, 6) is 0.0957. The maximum Gasteiger partial charge on any atom is 0.255 e. The van der Waals surface area contributed by atoms with Crippen LogP contribution in [0.4, 0.5) is 0 Å². The van der Waals surface area contributed by atoms with Crippen molar-refractivity contribution in [1.29, 1.82) is 0 Å². The number of nitrogens with one attached hydrogen (secondary N) is 1. The van der Waals surface area contributed by atoms with Crippen LogP contribution in [0.2, 0.25) is 0 Å². The summed E-state index contributed by atoms with van der Waals surface area (Å²) < 4.78 is 1.80. The van der Waals surface area contributed by atoms with Gasteiger partial charge in [0.1, 0.15) is 0 Å². The third kappa shape index (κ3) is 3.47. The predicted octanol–water partition coefficient (Wildman–Crippen LogP) is 3.07. The number of hydrogen-bond acceptors (Lipinski definition) is 2. The van der Waals surface area contributed by atoms with Gasteiger partial charge in [-0.25, -0.2) is 0 Å². The zero-order chi connectivity index (χ0) is 12.4. The molecule has 0 unspecified atom stereocenters. The second kappa shape index (κ2) is 6.89. The maximum atomic E-state index is 12.4. The molecule has 100 valence electrons. The number of amides is 1. The summed E-state index contributed by atoms with van der Waals surface area (Å²) in [5, 5.41) is 3.28. The Hall–Kier alpha value is -0.100. The number of nitrogens with zero attached hydrogens (tertiary/aromatic N) is 1. The van der Waals surface area contributed by atoms with Crippen molar-refractivity contribution in [2.45, 2.75) is 13.0 Å². The first-order valence-corrected chi connectivity index (χ1v) is 7.15.